The van der Waals surface area contributed by atoms with Gasteiger partial charge in [-0.15, -0.1) is 0 Å². The number of anilines is 1. The van der Waals surface area contributed by atoms with Crippen LogP contribution in [0.1, 0.15) is 5.76 Å². The fourth-order valence-corrected chi connectivity index (χ4v) is 1.91. The summed E-state index contributed by atoms with van der Waals surface area (Å²) in [5.74, 6) is 1.05. The first-order valence-corrected chi connectivity index (χ1v) is 5.47. The van der Waals surface area contributed by atoms with E-state index in [0.29, 0.717) is 5.69 Å². The van der Waals surface area contributed by atoms with Gasteiger partial charge in [0.15, 0.2) is 0 Å². The molecule has 3 aromatic heterocycles. The minimum Gasteiger partial charge on any atom is -0.469 e. The number of nitrogens with two attached hydrogens (primary N) is 1. The topological polar surface area (TPSA) is 78.1 Å². The second-order valence-electron chi connectivity index (χ2n) is 3.90. The molecule has 0 aliphatic carbocycles. The molecule has 0 saturated heterocycles. The van der Waals surface area contributed by atoms with E-state index < -0.39 is 0 Å². The zero-order valence-corrected chi connectivity index (χ0v) is 9.75. The first-order valence-electron chi connectivity index (χ1n) is 5.47. The van der Waals surface area contributed by atoms with Crippen LogP contribution in [0.4, 0.5) is 5.88 Å². The number of nitrogen functional groups attached to an aromatic ring is 1. The molecule has 0 amide bonds. The molecule has 3 rings (SSSR count). The van der Waals surface area contributed by atoms with Crippen molar-refractivity contribution < 1.29 is 8.94 Å². The van der Waals surface area contributed by atoms with Crippen LogP contribution >= 0.6 is 0 Å². The van der Waals surface area contributed by atoms with Crippen LogP contribution < -0.4 is 5.73 Å². The van der Waals surface area contributed by atoms with Crippen molar-refractivity contribution in [3.63, 3.8) is 0 Å². The van der Waals surface area contributed by atoms with Gasteiger partial charge in [-0.3, -0.25) is 4.98 Å². The first kappa shape index (κ1) is 10.6. The summed E-state index contributed by atoms with van der Waals surface area (Å²) in [6.45, 7) is 1.87. The molecule has 18 heavy (non-hydrogen) atoms. The van der Waals surface area contributed by atoms with Crippen molar-refractivity contribution in [1.82, 2.24) is 10.1 Å². The maximum Gasteiger partial charge on any atom is 0.230 e. The molecule has 3 heterocycles. The van der Waals surface area contributed by atoms with Crippen molar-refractivity contribution in [1.29, 1.82) is 0 Å². The minimum atomic E-state index is 0.276. The summed E-state index contributed by atoms with van der Waals surface area (Å²) in [5.41, 5.74) is 9.00. The van der Waals surface area contributed by atoms with Crippen LogP contribution in [-0.4, -0.2) is 10.1 Å². The fraction of sp³-hybridized carbons (Fsp3) is 0.0769. The molecular formula is C13H11N3O2. The Morgan fingerprint density at radius 1 is 1.28 bits per heavy atom. The van der Waals surface area contributed by atoms with Gasteiger partial charge in [-0.2, -0.15) is 0 Å². The van der Waals surface area contributed by atoms with E-state index in [-0.39, 0.29) is 5.88 Å². The van der Waals surface area contributed by atoms with Crippen molar-refractivity contribution in [3.05, 3.63) is 42.6 Å². The van der Waals surface area contributed by atoms with Gasteiger partial charge in [-0.05, 0) is 19.1 Å². The molecule has 0 aromatic carbocycles. The average molecular weight is 241 g/mol. The van der Waals surface area contributed by atoms with Gasteiger partial charge in [0, 0.05) is 23.5 Å². The molecule has 0 spiro atoms. The van der Waals surface area contributed by atoms with E-state index in [2.05, 4.69) is 10.1 Å². The van der Waals surface area contributed by atoms with Gasteiger partial charge in [-0.25, -0.2) is 0 Å². The minimum absolute atomic E-state index is 0.276. The monoisotopic (exact) mass is 241 g/mol. The Balaban J connectivity index is 2.22. The summed E-state index contributed by atoms with van der Waals surface area (Å²) in [6, 6.07) is 5.59. The Morgan fingerprint density at radius 3 is 2.83 bits per heavy atom. The molecule has 5 nitrogen and oxygen atoms in total. The van der Waals surface area contributed by atoms with Crippen molar-refractivity contribution in [3.8, 4) is 22.4 Å². The Morgan fingerprint density at radius 2 is 2.17 bits per heavy atom. The van der Waals surface area contributed by atoms with E-state index in [1.807, 2.05) is 25.1 Å². The number of aryl methyl sites for hydroxylation is 1. The number of pyridine rings is 1. The smallest absolute Gasteiger partial charge is 0.230 e. The molecule has 0 unspecified atom stereocenters. The van der Waals surface area contributed by atoms with Crippen LogP contribution in [0.25, 0.3) is 22.4 Å². The lowest BCUT2D eigenvalue weighted by molar-refractivity contribution is 0.439. The highest BCUT2D eigenvalue weighted by atomic mass is 16.5. The predicted molar refractivity (Wildman–Crippen MR) is 66.6 cm³/mol. The summed E-state index contributed by atoms with van der Waals surface area (Å²) in [6.07, 6.45) is 5.04. The first-order chi connectivity index (χ1) is 8.77. The second kappa shape index (κ2) is 4.03. The lowest BCUT2D eigenvalue weighted by atomic mass is 10.0. The van der Waals surface area contributed by atoms with E-state index in [1.54, 1.807) is 18.7 Å². The highest BCUT2D eigenvalue weighted by Gasteiger charge is 2.19. The van der Waals surface area contributed by atoms with Gasteiger partial charge in [0.1, 0.15) is 11.5 Å². The highest BCUT2D eigenvalue weighted by molar-refractivity contribution is 5.86. The summed E-state index contributed by atoms with van der Waals surface area (Å²) < 4.78 is 10.4. The molecule has 0 radical (unpaired) electrons. The van der Waals surface area contributed by atoms with Crippen LogP contribution in [-0.2, 0) is 0 Å². The molecule has 0 fully saturated rings. The highest BCUT2D eigenvalue weighted by Crippen LogP contribution is 2.37. The molecule has 0 atom stereocenters. The van der Waals surface area contributed by atoms with Crippen LogP contribution in [0, 0.1) is 6.92 Å². The van der Waals surface area contributed by atoms with Crippen molar-refractivity contribution in [2.45, 2.75) is 6.92 Å². The molecule has 0 bridgehead atoms. The lowest BCUT2D eigenvalue weighted by Gasteiger charge is -2.00. The van der Waals surface area contributed by atoms with Gasteiger partial charge in [0.05, 0.1) is 11.8 Å². The fourth-order valence-electron chi connectivity index (χ4n) is 1.91. The standard InChI is InChI=1S/C13H11N3O2/c1-8-10(4-6-17-8)12-11(13(14)18-16-12)9-3-2-5-15-7-9/h2-7H,14H2,1H3. The van der Waals surface area contributed by atoms with Crippen LogP contribution in [0.5, 0.6) is 0 Å². The van der Waals surface area contributed by atoms with Crippen LogP contribution in [0.15, 0.2) is 45.8 Å². The Kier molecular flexibility index (Phi) is 2.37. The maximum absolute atomic E-state index is 5.84. The molecule has 2 N–H and O–H groups in total. The van der Waals surface area contributed by atoms with Crippen molar-refractivity contribution in [2.24, 2.45) is 0 Å². The Hall–Kier alpha value is -2.56. The van der Waals surface area contributed by atoms with Crippen molar-refractivity contribution in [2.75, 3.05) is 5.73 Å². The molecule has 0 aliphatic heterocycles. The largest absolute Gasteiger partial charge is 0.469 e. The molecule has 5 heteroatoms. The quantitative estimate of drug-likeness (QED) is 0.746. The summed E-state index contributed by atoms with van der Waals surface area (Å²) in [4.78, 5) is 4.08. The Bertz CT molecular complexity index is 671. The Labute approximate surface area is 103 Å². The van der Waals surface area contributed by atoms with Gasteiger partial charge in [-0.1, -0.05) is 11.2 Å². The van der Waals surface area contributed by atoms with Gasteiger partial charge >= 0.3 is 0 Å². The predicted octanol–water partition coefficient (Wildman–Crippen LogP) is 2.89. The molecule has 0 aliphatic rings. The summed E-state index contributed by atoms with van der Waals surface area (Å²) in [5, 5.41) is 4.01. The summed E-state index contributed by atoms with van der Waals surface area (Å²) in [7, 11) is 0. The molecule has 3 aromatic rings. The summed E-state index contributed by atoms with van der Waals surface area (Å²) >= 11 is 0. The number of furan rings is 1. The third-order valence-corrected chi connectivity index (χ3v) is 2.78. The number of nitrogens with zero attached hydrogens (tertiary/aromatic N) is 2. The van der Waals surface area contributed by atoms with E-state index in [1.165, 1.54) is 0 Å². The number of aromatic nitrogens is 2. The average Bonchev–Trinajstić information content (AvgIpc) is 2.96. The van der Waals surface area contributed by atoms with E-state index in [0.717, 1.165) is 22.5 Å². The van der Waals surface area contributed by atoms with Crippen LogP contribution in [0.3, 0.4) is 0 Å². The third kappa shape index (κ3) is 1.57. The lowest BCUT2D eigenvalue weighted by Crippen LogP contribution is -1.88. The number of rotatable bonds is 2. The third-order valence-electron chi connectivity index (χ3n) is 2.78. The van der Waals surface area contributed by atoms with Crippen molar-refractivity contribution >= 4 is 5.88 Å². The van der Waals surface area contributed by atoms with E-state index >= 15 is 0 Å². The van der Waals surface area contributed by atoms with E-state index in [9.17, 15) is 0 Å². The number of hydrogen-bond acceptors (Lipinski definition) is 5. The normalized spacial score (nSPS) is 10.7. The zero-order chi connectivity index (χ0) is 12.5. The van der Waals surface area contributed by atoms with Gasteiger partial charge in [0.25, 0.3) is 0 Å². The zero-order valence-electron chi connectivity index (χ0n) is 9.75. The van der Waals surface area contributed by atoms with Gasteiger partial charge in [0.2, 0.25) is 5.88 Å². The SMILES string of the molecule is Cc1occc1-c1noc(N)c1-c1cccnc1. The molecular weight excluding hydrogens is 230 g/mol. The second-order valence-corrected chi connectivity index (χ2v) is 3.90. The van der Waals surface area contributed by atoms with E-state index in [4.69, 9.17) is 14.7 Å². The number of hydrogen-bond donors (Lipinski definition) is 1. The maximum atomic E-state index is 5.84. The molecule has 90 valence electrons. The molecule has 0 saturated carbocycles. The van der Waals surface area contributed by atoms with Crippen LogP contribution in [0.2, 0.25) is 0 Å². The van der Waals surface area contributed by atoms with Gasteiger partial charge < -0.3 is 14.7 Å².